The molecule has 1 fully saturated rings. The number of ether oxygens (including phenoxy) is 2. The van der Waals surface area contributed by atoms with Crippen LogP contribution in [0.15, 0.2) is 73.1 Å². The lowest BCUT2D eigenvalue weighted by Crippen LogP contribution is -2.11. The summed E-state index contributed by atoms with van der Waals surface area (Å²) in [5, 5.41) is 0. The summed E-state index contributed by atoms with van der Waals surface area (Å²) in [5.74, 6) is 1.61. The Bertz CT molecular complexity index is 929. The van der Waals surface area contributed by atoms with E-state index in [0.717, 1.165) is 46.6 Å². The number of hydrogen-bond donors (Lipinski definition) is 0. The van der Waals surface area contributed by atoms with Crippen LogP contribution in [0.25, 0.3) is 11.6 Å². The van der Waals surface area contributed by atoms with Crippen molar-refractivity contribution in [2.24, 2.45) is 0 Å². The minimum absolute atomic E-state index is 0.286. The Labute approximate surface area is 166 Å². The minimum atomic E-state index is 0.286. The largest absolute Gasteiger partial charge is 0.493 e. The standard InChI is InChI=1S/C25H25NO2/c1-27-24-12-11-21(18-25(24)28-22-9-5-6-10-22)23(20-7-3-2-4-8-20)17-19-13-15-26-16-14-19/h2-4,7-8,11-18,22H,5-6,9-10H2,1H3. The molecule has 28 heavy (non-hydrogen) atoms. The fourth-order valence-corrected chi connectivity index (χ4v) is 3.70. The number of hydrogen-bond acceptors (Lipinski definition) is 3. The zero-order valence-corrected chi connectivity index (χ0v) is 16.2. The first-order chi connectivity index (χ1) is 13.8. The zero-order valence-electron chi connectivity index (χ0n) is 16.2. The van der Waals surface area contributed by atoms with Crippen LogP contribution in [0.2, 0.25) is 0 Å². The molecule has 3 heteroatoms. The first kappa shape index (κ1) is 18.3. The Kier molecular flexibility index (Phi) is 5.72. The van der Waals surface area contributed by atoms with Gasteiger partial charge in [-0.3, -0.25) is 4.98 Å². The van der Waals surface area contributed by atoms with E-state index in [0.29, 0.717) is 0 Å². The van der Waals surface area contributed by atoms with Crippen molar-refractivity contribution in [3.05, 3.63) is 89.7 Å². The summed E-state index contributed by atoms with van der Waals surface area (Å²) >= 11 is 0. The van der Waals surface area contributed by atoms with Gasteiger partial charge in [0.1, 0.15) is 0 Å². The lowest BCUT2D eigenvalue weighted by molar-refractivity contribution is 0.201. The van der Waals surface area contributed by atoms with Gasteiger partial charge in [-0.15, -0.1) is 0 Å². The van der Waals surface area contributed by atoms with E-state index in [9.17, 15) is 0 Å². The summed E-state index contributed by atoms with van der Waals surface area (Å²) in [4.78, 5) is 4.13. The summed E-state index contributed by atoms with van der Waals surface area (Å²) in [6.45, 7) is 0. The van der Waals surface area contributed by atoms with E-state index in [1.807, 2.05) is 36.7 Å². The van der Waals surface area contributed by atoms with E-state index in [4.69, 9.17) is 9.47 Å². The van der Waals surface area contributed by atoms with Crippen LogP contribution in [-0.4, -0.2) is 18.2 Å². The van der Waals surface area contributed by atoms with Crippen LogP contribution in [0.3, 0.4) is 0 Å². The molecule has 0 amide bonds. The molecule has 0 atom stereocenters. The van der Waals surface area contributed by atoms with Crippen molar-refractivity contribution in [3.63, 3.8) is 0 Å². The first-order valence-corrected chi connectivity index (χ1v) is 9.86. The molecule has 2 aromatic carbocycles. The Morgan fingerprint density at radius 1 is 0.893 bits per heavy atom. The topological polar surface area (TPSA) is 31.4 Å². The van der Waals surface area contributed by atoms with Crippen molar-refractivity contribution >= 4 is 11.6 Å². The summed E-state index contributed by atoms with van der Waals surface area (Å²) in [6, 6.07) is 20.7. The molecule has 0 N–H and O–H groups in total. The van der Waals surface area contributed by atoms with Gasteiger partial charge in [-0.05, 0) is 78.3 Å². The van der Waals surface area contributed by atoms with Crippen molar-refractivity contribution in [1.82, 2.24) is 4.98 Å². The maximum absolute atomic E-state index is 6.31. The number of rotatable bonds is 6. The molecule has 0 aliphatic heterocycles. The SMILES string of the molecule is COc1ccc(C(=Cc2ccncc2)c2ccccc2)cc1OC1CCCC1. The fraction of sp³-hybridized carbons (Fsp3) is 0.240. The van der Waals surface area contributed by atoms with Crippen LogP contribution in [-0.2, 0) is 0 Å². The Hall–Kier alpha value is -3.07. The molecule has 1 aliphatic rings. The summed E-state index contributed by atoms with van der Waals surface area (Å²) in [6.07, 6.45) is 10.8. The number of methoxy groups -OCH3 is 1. The Morgan fingerprint density at radius 3 is 2.36 bits per heavy atom. The van der Waals surface area contributed by atoms with E-state index >= 15 is 0 Å². The summed E-state index contributed by atoms with van der Waals surface area (Å²) in [5.41, 5.74) is 4.53. The smallest absolute Gasteiger partial charge is 0.162 e. The summed E-state index contributed by atoms with van der Waals surface area (Å²) < 4.78 is 11.9. The number of pyridine rings is 1. The van der Waals surface area contributed by atoms with Gasteiger partial charge in [0.2, 0.25) is 0 Å². The molecule has 0 spiro atoms. The van der Waals surface area contributed by atoms with Gasteiger partial charge in [0.25, 0.3) is 0 Å². The van der Waals surface area contributed by atoms with E-state index in [1.54, 1.807) is 7.11 Å². The molecule has 3 nitrogen and oxygen atoms in total. The Morgan fingerprint density at radius 2 is 1.64 bits per heavy atom. The van der Waals surface area contributed by atoms with Crippen LogP contribution in [0.4, 0.5) is 0 Å². The van der Waals surface area contributed by atoms with Crippen molar-refractivity contribution < 1.29 is 9.47 Å². The highest BCUT2D eigenvalue weighted by atomic mass is 16.5. The molecular weight excluding hydrogens is 346 g/mol. The third-order valence-corrected chi connectivity index (χ3v) is 5.17. The molecule has 142 valence electrons. The highest BCUT2D eigenvalue weighted by Gasteiger charge is 2.19. The second-order valence-electron chi connectivity index (χ2n) is 7.09. The quantitative estimate of drug-likeness (QED) is 0.532. The van der Waals surface area contributed by atoms with E-state index < -0.39 is 0 Å². The van der Waals surface area contributed by atoms with Crippen molar-refractivity contribution in [1.29, 1.82) is 0 Å². The third-order valence-electron chi connectivity index (χ3n) is 5.17. The number of nitrogens with zero attached hydrogens (tertiary/aromatic N) is 1. The first-order valence-electron chi connectivity index (χ1n) is 9.86. The predicted molar refractivity (Wildman–Crippen MR) is 114 cm³/mol. The molecule has 4 rings (SSSR count). The Balaban J connectivity index is 1.76. The van der Waals surface area contributed by atoms with Gasteiger partial charge in [-0.25, -0.2) is 0 Å². The van der Waals surface area contributed by atoms with Gasteiger partial charge in [0.05, 0.1) is 13.2 Å². The molecule has 0 radical (unpaired) electrons. The molecule has 1 saturated carbocycles. The van der Waals surface area contributed by atoms with Gasteiger partial charge in [0.15, 0.2) is 11.5 Å². The van der Waals surface area contributed by atoms with Gasteiger partial charge in [-0.2, -0.15) is 0 Å². The molecule has 3 aromatic rings. The zero-order chi connectivity index (χ0) is 19.2. The molecule has 1 aromatic heterocycles. The highest BCUT2D eigenvalue weighted by molar-refractivity contribution is 5.91. The van der Waals surface area contributed by atoms with Crippen LogP contribution in [0.1, 0.15) is 42.4 Å². The molecule has 1 heterocycles. The lowest BCUT2D eigenvalue weighted by Gasteiger charge is -2.18. The lowest BCUT2D eigenvalue weighted by atomic mass is 9.95. The van der Waals surface area contributed by atoms with Gasteiger partial charge >= 0.3 is 0 Å². The summed E-state index contributed by atoms with van der Waals surface area (Å²) in [7, 11) is 1.70. The maximum Gasteiger partial charge on any atom is 0.162 e. The third kappa shape index (κ3) is 4.25. The molecular formula is C25H25NO2. The normalized spacial score (nSPS) is 14.8. The highest BCUT2D eigenvalue weighted by Crippen LogP contribution is 2.36. The van der Waals surface area contributed by atoms with Crippen LogP contribution in [0.5, 0.6) is 11.5 Å². The maximum atomic E-state index is 6.31. The second kappa shape index (κ2) is 8.75. The van der Waals surface area contributed by atoms with E-state index in [1.165, 1.54) is 12.8 Å². The van der Waals surface area contributed by atoms with E-state index in [-0.39, 0.29) is 6.10 Å². The van der Waals surface area contributed by atoms with Crippen molar-refractivity contribution in [2.45, 2.75) is 31.8 Å². The van der Waals surface area contributed by atoms with Gasteiger partial charge < -0.3 is 9.47 Å². The average molecular weight is 371 g/mol. The average Bonchev–Trinajstić information content (AvgIpc) is 3.26. The van der Waals surface area contributed by atoms with Crippen LogP contribution >= 0.6 is 0 Å². The number of benzene rings is 2. The number of aromatic nitrogens is 1. The molecule has 0 saturated heterocycles. The van der Waals surface area contributed by atoms with Crippen LogP contribution < -0.4 is 9.47 Å². The molecule has 0 bridgehead atoms. The van der Waals surface area contributed by atoms with Crippen molar-refractivity contribution in [2.75, 3.05) is 7.11 Å². The van der Waals surface area contributed by atoms with Crippen molar-refractivity contribution in [3.8, 4) is 11.5 Å². The van der Waals surface area contributed by atoms with Gasteiger partial charge in [-0.1, -0.05) is 36.4 Å². The predicted octanol–water partition coefficient (Wildman–Crippen LogP) is 6.00. The van der Waals surface area contributed by atoms with Crippen LogP contribution in [0, 0.1) is 0 Å². The minimum Gasteiger partial charge on any atom is -0.493 e. The van der Waals surface area contributed by atoms with E-state index in [2.05, 4.69) is 47.5 Å². The monoisotopic (exact) mass is 371 g/mol. The fourth-order valence-electron chi connectivity index (χ4n) is 3.70. The molecule has 0 unspecified atom stereocenters. The second-order valence-corrected chi connectivity index (χ2v) is 7.09. The molecule has 1 aliphatic carbocycles. The van der Waals surface area contributed by atoms with Gasteiger partial charge in [0, 0.05) is 12.4 Å².